The first kappa shape index (κ1) is 20.0. The maximum absolute atomic E-state index is 12.5. The van der Waals surface area contributed by atoms with E-state index in [9.17, 15) is 9.59 Å². The van der Waals surface area contributed by atoms with E-state index in [2.05, 4.69) is 10.2 Å². The lowest BCUT2D eigenvalue weighted by molar-refractivity contribution is 0.0714. The van der Waals surface area contributed by atoms with Gasteiger partial charge in [0.25, 0.3) is 11.8 Å². The number of carbonyl (C=O) groups is 2. The summed E-state index contributed by atoms with van der Waals surface area (Å²) in [7, 11) is 0. The van der Waals surface area contributed by atoms with E-state index in [1.807, 2.05) is 37.3 Å². The Hall–Kier alpha value is -3.25. The van der Waals surface area contributed by atoms with Crippen molar-refractivity contribution in [3.63, 3.8) is 0 Å². The van der Waals surface area contributed by atoms with Crippen LogP contribution in [0.5, 0.6) is 0 Å². The zero-order valence-corrected chi connectivity index (χ0v) is 17.4. The molecule has 2 aromatic carbocycles. The highest BCUT2D eigenvalue weighted by molar-refractivity contribution is 6.33. The summed E-state index contributed by atoms with van der Waals surface area (Å²) in [6.07, 6.45) is 1.50. The van der Waals surface area contributed by atoms with Crippen LogP contribution in [0.1, 0.15) is 26.5 Å². The fourth-order valence-electron chi connectivity index (χ4n) is 3.57. The van der Waals surface area contributed by atoms with Gasteiger partial charge in [0, 0.05) is 37.4 Å². The van der Waals surface area contributed by atoms with Gasteiger partial charge in [-0.15, -0.1) is 0 Å². The van der Waals surface area contributed by atoms with Gasteiger partial charge in [-0.3, -0.25) is 9.59 Å². The van der Waals surface area contributed by atoms with Gasteiger partial charge >= 0.3 is 0 Å². The van der Waals surface area contributed by atoms with Gasteiger partial charge in [-0.05, 0) is 48.9 Å². The molecule has 4 rings (SSSR count). The number of piperazine rings is 1. The first-order valence-electron chi connectivity index (χ1n) is 9.77. The van der Waals surface area contributed by atoms with Gasteiger partial charge in [-0.1, -0.05) is 29.8 Å². The second-order valence-corrected chi connectivity index (χ2v) is 7.60. The van der Waals surface area contributed by atoms with Gasteiger partial charge < -0.3 is 19.5 Å². The highest BCUT2D eigenvalue weighted by Crippen LogP contribution is 2.30. The van der Waals surface area contributed by atoms with E-state index in [0.29, 0.717) is 48.2 Å². The largest absolute Gasteiger partial charge is 0.459 e. The number of nitrogens with zero attached hydrogens (tertiary/aromatic N) is 2. The maximum Gasteiger partial charge on any atom is 0.289 e. The van der Waals surface area contributed by atoms with Crippen molar-refractivity contribution in [3.8, 4) is 0 Å². The van der Waals surface area contributed by atoms with Crippen molar-refractivity contribution in [3.05, 3.63) is 82.8 Å². The third-order valence-corrected chi connectivity index (χ3v) is 5.54. The Kier molecular flexibility index (Phi) is 5.77. The number of hydrogen-bond acceptors (Lipinski definition) is 4. The minimum atomic E-state index is -0.165. The van der Waals surface area contributed by atoms with Crippen LogP contribution in [0.25, 0.3) is 0 Å². The third-order valence-electron chi connectivity index (χ3n) is 5.23. The number of halogens is 1. The summed E-state index contributed by atoms with van der Waals surface area (Å²) in [6.45, 7) is 4.41. The van der Waals surface area contributed by atoms with Crippen LogP contribution in [0.3, 0.4) is 0 Å². The van der Waals surface area contributed by atoms with Gasteiger partial charge in [-0.2, -0.15) is 0 Å². The molecule has 0 radical (unpaired) electrons. The summed E-state index contributed by atoms with van der Waals surface area (Å²) in [5.41, 5.74) is 3.08. The zero-order valence-electron chi connectivity index (χ0n) is 16.6. The minimum absolute atomic E-state index is 0.0972. The lowest BCUT2D eigenvalue weighted by Gasteiger charge is -2.36. The van der Waals surface area contributed by atoms with Crippen molar-refractivity contribution in [2.45, 2.75) is 6.92 Å². The van der Waals surface area contributed by atoms with E-state index < -0.39 is 0 Å². The number of aryl methyl sites for hydroxylation is 1. The smallest absolute Gasteiger partial charge is 0.289 e. The lowest BCUT2D eigenvalue weighted by atomic mass is 10.1. The normalized spacial score (nSPS) is 13.9. The molecule has 2 amide bonds. The number of rotatable bonds is 4. The molecule has 30 heavy (non-hydrogen) atoms. The van der Waals surface area contributed by atoms with Crippen molar-refractivity contribution in [1.29, 1.82) is 0 Å². The van der Waals surface area contributed by atoms with E-state index in [1.54, 1.807) is 29.2 Å². The van der Waals surface area contributed by atoms with Crippen molar-refractivity contribution in [1.82, 2.24) is 4.90 Å². The number of carbonyl (C=O) groups excluding carboxylic acids is 2. The van der Waals surface area contributed by atoms with Crippen molar-refractivity contribution in [2.24, 2.45) is 0 Å². The summed E-state index contributed by atoms with van der Waals surface area (Å²) in [5.74, 6) is 0.0946. The summed E-state index contributed by atoms with van der Waals surface area (Å²) in [4.78, 5) is 28.8. The molecule has 154 valence electrons. The number of benzene rings is 2. The Bertz CT molecular complexity index is 1060. The third kappa shape index (κ3) is 4.19. The van der Waals surface area contributed by atoms with Gasteiger partial charge in [0.1, 0.15) is 0 Å². The Morgan fingerprint density at radius 3 is 2.43 bits per heavy atom. The molecule has 1 fully saturated rings. The minimum Gasteiger partial charge on any atom is -0.459 e. The summed E-state index contributed by atoms with van der Waals surface area (Å²) in [6, 6.07) is 16.3. The van der Waals surface area contributed by atoms with Crippen molar-refractivity contribution in [2.75, 3.05) is 36.4 Å². The lowest BCUT2D eigenvalue weighted by Crippen LogP contribution is -2.48. The highest BCUT2D eigenvalue weighted by Gasteiger charge is 2.24. The molecule has 0 bridgehead atoms. The number of amides is 2. The van der Waals surface area contributed by atoms with Gasteiger partial charge in [-0.25, -0.2) is 0 Å². The summed E-state index contributed by atoms with van der Waals surface area (Å²) in [5, 5.41) is 3.46. The Balaban J connectivity index is 1.40. The predicted molar refractivity (Wildman–Crippen MR) is 117 cm³/mol. The zero-order chi connectivity index (χ0) is 21.1. The molecule has 1 saturated heterocycles. The van der Waals surface area contributed by atoms with Crippen LogP contribution in [0.15, 0.2) is 65.3 Å². The van der Waals surface area contributed by atoms with E-state index >= 15 is 0 Å². The molecule has 6 nitrogen and oxygen atoms in total. The number of anilines is 2. The second kappa shape index (κ2) is 8.63. The molecular weight excluding hydrogens is 402 g/mol. The molecule has 2 heterocycles. The highest BCUT2D eigenvalue weighted by atomic mass is 35.5. The molecule has 0 saturated carbocycles. The van der Waals surface area contributed by atoms with Crippen LogP contribution >= 0.6 is 11.6 Å². The van der Waals surface area contributed by atoms with Crippen molar-refractivity contribution >= 4 is 34.8 Å². The van der Waals surface area contributed by atoms with Crippen LogP contribution in [-0.2, 0) is 0 Å². The fourth-order valence-corrected chi connectivity index (χ4v) is 3.87. The molecule has 0 aliphatic carbocycles. The first-order valence-corrected chi connectivity index (χ1v) is 10.1. The Morgan fingerprint density at radius 1 is 1.00 bits per heavy atom. The number of furan rings is 1. The standard InChI is InChI=1S/C23H22ClN3O3/c1-16-5-2-3-6-18(16)22(28)25-17-8-9-20(19(24)15-17)26-10-12-27(13-11-26)23(29)21-7-4-14-30-21/h2-9,14-15H,10-13H2,1H3,(H,25,28). The molecular formula is C23H22ClN3O3. The van der Waals surface area contributed by atoms with Crippen molar-refractivity contribution < 1.29 is 14.0 Å². The van der Waals surface area contributed by atoms with E-state index in [4.69, 9.17) is 16.0 Å². The average Bonchev–Trinajstić information content (AvgIpc) is 3.29. The molecule has 0 unspecified atom stereocenters. The first-order chi connectivity index (χ1) is 14.5. The van der Waals surface area contributed by atoms with Crippen LogP contribution in [0.2, 0.25) is 5.02 Å². The monoisotopic (exact) mass is 423 g/mol. The molecule has 0 spiro atoms. The molecule has 1 aliphatic rings. The van der Waals surface area contributed by atoms with Gasteiger partial charge in [0.2, 0.25) is 0 Å². The molecule has 3 aromatic rings. The molecule has 7 heteroatoms. The van der Waals surface area contributed by atoms with Crippen LogP contribution < -0.4 is 10.2 Å². The Morgan fingerprint density at radius 2 is 1.77 bits per heavy atom. The summed E-state index contributed by atoms with van der Waals surface area (Å²) >= 11 is 6.52. The summed E-state index contributed by atoms with van der Waals surface area (Å²) < 4.78 is 5.20. The van der Waals surface area contributed by atoms with Crippen LogP contribution in [0, 0.1) is 6.92 Å². The molecule has 0 atom stereocenters. The number of hydrogen-bond donors (Lipinski definition) is 1. The maximum atomic E-state index is 12.5. The van der Waals surface area contributed by atoms with E-state index in [0.717, 1.165) is 11.3 Å². The molecule has 1 aromatic heterocycles. The second-order valence-electron chi connectivity index (χ2n) is 7.19. The predicted octanol–water partition coefficient (Wildman–Crippen LogP) is 4.46. The molecule has 1 aliphatic heterocycles. The molecule has 1 N–H and O–H groups in total. The van der Waals surface area contributed by atoms with Gasteiger partial charge in [0.05, 0.1) is 17.0 Å². The quantitative estimate of drug-likeness (QED) is 0.673. The van der Waals surface area contributed by atoms with Crippen LogP contribution in [-0.4, -0.2) is 42.9 Å². The fraction of sp³-hybridized carbons (Fsp3) is 0.217. The van der Waals surface area contributed by atoms with E-state index in [1.165, 1.54) is 6.26 Å². The SMILES string of the molecule is Cc1ccccc1C(=O)Nc1ccc(N2CCN(C(=O)c3ccco3)CC2)c(Cl)c1. The van der Waals surface area contributed by atoms with Crippen LogP contribution in [0.4, 0.5) is 11.4 Å². The Labute approximate surface area is 180 Å². The number of nitrogens with one attached hydrogen (secondary N) is 1. The topological polar surface area (TPSA) is 65.8 Å². The van der Waals surface area contributed by atoms with Gasteiger partial charge in [0.15, 0.2) is 5.76 Å². The average molecular weight is 424 g/mol. The van der Waals surface area contributed by atoms with E-state index in [-0.39, 0.29) is 11.8 Å².